The van der Waals surface area contributed by atoms with Gasteiger partial charge in [0.15, 0.2) is 0 Å². The first-order valence-corrected chi connectivity index (χ1v) is 2.94. The highest BCUT2D eigenvalue weighted by Crippen LogP contribution is 2.22. The molecule has 54 valence electrons. The van der Waals surface area contributed by atoms with Crippen LogP contribution in [0.25, 0.3) is 0 Å². The van der Waals surface area contributed by atoms with Crippen LogP contribution in [0.4, 0.5) is 8.78 Å². The third kappa shape index (κ3) is 4.06. The Balaban J connectivity index is 3.55. The predicted molar refractivity (Wildman–Crippen MR) is 30.5 cm³/mol. The molecule has 0 atom stereocenters. The summed E-state index contributed by atoms with van der Waals surface area (Å²) in [5.41, 5.74) is 0. The Morgan fingerprint density at radius 2 is 2.11 bits per heavy atom. The third-order valence-electron chi connectivity index (χ3n) is 0.998. The van der Waals surface area contributed by atoms with Gasteiger partial charge in [0.25, 0.3) is 5.92 Å². The van der Waals surface area contributed by atoms with Crippen molar-refractivity contribution < 1.29 is 13.6 Å². The average molecular weight is 136 g/mol. The molecule has 0 unspecified atom stereocenters. The molecule has 0 aromatic rings. The molecule has 1 nitrogen and oxygen atoms in total. The number of rotatable bonds is 4. The summed E-state index contributed by atoms with van der Waals surface area (Å²) in [5, 5.41) is 0. The summed E-state index contributed by atoms with van der Waals surface area (Å²) in [7, 11) is 0. The van der Waals surface area contributed by atoms with Gasteiger partial charge in [0.1, 0.15) is 6.29 Å². The number of carbonyl (C=O) groups excluding carboxylic acids is 1. The van der Waals surface area contributed by atoms with E-state index in [1.807, 2.05) is 0 Å². The number of aldehydes is 1. The quantitative estimate of drug-likeness (QED) is 0.540. The molecule has 0 saturated heterocycles. The van der Waals surface area contributed by atoms with Crippen LogP contribution in [0.3, 0.4) is 0 Å². The minimum Gasteiger partial charge on any atom is -0.303 e. The first-order valence-electron chi connectivity index (χ1n) is 2.94. The Morgan fingerprint density at radius 1 is 1.56 bits per heavy atom. The van der Waals surface area contributed by atoms with Gasteiger partial charge in [0, 0.05) is 6.42 Å². The summed E-state index contributed by atoms with van der Waals surface area (Å²) in [6, 6.07) is 0. The molecule has 0 aliphatic heterocycles. The lowest BCUT2D eigenvalue weighted by Gasteiger charge is -2.09. The fourth-order valence-electron chi connectivity index (χ4n) is 0.590. The summed E-state index contributed by atoms with van der Waals surface area (Å²) >= 11 is 0. The van der Waals surface area contributed by atoms with Crippen LogP contribution in [0.15, 0.2) is 0 Å². The number of hydrogen-bond acceptors (Lipinski definition) is 1. The van der Waals surface area contributed by atoms with Gasteiger partial charge in [0.05, 0.1) is 6.42 Å². The highest BCUT2D eigenvalue weighted by atomic mass is 19.3. The second-order valence-corrected chi connectivity index (χ2v) is 1.98. The SMILES string of the molecule is CCCC(F)(F)CC=O. The molecule has 0 spiro atoms. The van der Waals surface area contributed by atoms with E-state index in [0.717, 1.165) is 0 Å². The van der Waals surface area contributed by atoms with Crippen molar-refractivity contribution in [1.82, 2.24) is 0 Å². The molecule has 0 fully saturated rings. The molecular formula is C6H10F2O. The molecule has 0 rings (SSSR count). The van der Waals surface area contributed by atoms with Crippen molar-refractivity contribution in [3.8, 4) is 0 Å². The largest absolute Gasteiger partial charge is 0.303 e. The molecular weight excluding hydrogens is 126 g/mol. The number of carbonyl (C=O) groups is 1. The zero-order valence-corrected chi connectivity index (χ0v) is 5.36. The lowest BCUT2D eigenvalue weighted by atomic mass is 10.1. The summed E-state index contributed by atoms with van der Waals surface area (Å²) in [5.74, 6) is -2.77. The van der Waals surface area contributed by atoms with Crippen molar-refractivity contribution in [3.05, 3.63) is 0 Å². The third-order valence-corrected chi connectivity index (χ3v) is 0.998. The summed E-state index contributed by atoms with van der Waals surface area (Å²) in [4.78, 5) is 9.62. The molecule has 0 bridgehead atoms. The molecule has 0 aromatic carbocycles. The van der Waals surface area contributed by atoms with E-state index >= 15 is 0 Å². The van der Waals surface area contributed by atoms with Crippen molar-refractivity contribution in [3.63, 3.8) is 0 Å². The van der Waals surface area contributed by atoms with E-state index in [4.69, 9.17) is 0 Å². The first-order chi connectivity index (χ1) is 4.12. The van der Waals surface area contributed by atoms with Crippen molar-refractivity contribution in [2.24, 2.45) is 0 Å². The second-order valence-electron chi connectivity index (χ2n) is 1.98. The topological polar surface area (TPSA) is 17.1 Å². The minimum atomic E-state index is -2.77. The molecule has 0 saturated carbocycles. The maximum Gasteiger partial charge on any atom is 0.254 e. The molecule has 0 aliphatic carbocycles. The fraction of sp³-hybridized carbons (Fsp3) is 0.833. The van der Waals surface area contributed by atoms with Crippen LogP contribution in [-0.2, 0) is 4.79 Å². The van der Waals surface area contributed by atoms with Gasteiger partial charge in [-0.15, -0.1) is 0 Å². The maximum atomic E-state index is 12.2. The lowest BCUT2D eigenvalue weighted by Crippen LogP contribution is -2.15. The Bertz CT molecular complexity index is 91.1. The van der Waals surface area contributed by atoms with Gasteiger partial charge >= 0.3 is 0 Å². The van der Waals surface area contributed by atoms with Gasteiger partial charge in [-0.2, -0.15) is 0 Å². The van der Waals surface area contributed by atoms with Gasteiger partial charge in [0.2, 0.25) is 0 Å². The Morgan fingerprint density at radius 3 is 2.44 bits per heavy atom. The van der Waals surface area contributed by atoms with Crippen molar-refractivity contribution in [2.45, 2.75) is 32.1 Å². The van der Waals surface area contributed by atoms with Crippen LogP contribution < -0.4 is 0 Å². The summed E-state index contributed by atoms with van der Waals surface area (Å²) in [6.45, 7) is 1.67. The Kier molecular flexibility index (Phi) is 3.35. The van der Waals surface area contributed by atoms with E-state index in [1.165, 1.54) is 0 Å². The monoisotopic (exact) mass is 136 g/mol. The van der Waals surface area contributed by atoms with Crippen LogP contribution in [0, 0.1) is 0 Å². The van der Waals surface area contributed by atoms with Crippen LogP contribution in [-0.4, -0.2) is 12.2 Å². The maximum absolute atomic E-state index is 12.2. The minimum absolute atomic E-state index is 0.189. The van der Waals surface area contributed by atoms with E-state index in [0.29, 0.717) is 6.42 Å². The smallest absolute Gasteiger partial charge is 0.254 e. The molecule has 0 aromatic heterocycles. The van der Waals surface area contributed by atoms with Gasteiger partial charge in [-0.05, 0) is 0 Å². The van der Waals surface area contributed by atoms with E-state index < -0.39 is 12.3 Å². The first kappa shape index (κ1) is 8.53. The zero-order valence-electron chi connectivity index (χ0n) is 5.36. The van der Waals surface area contributed by atoms with Crippen molar-refractivity contribution in [2.75, 3.05) is 0 Å². The van der Waals surface area contributed by atoms with E-state index in [-0.39, 0.29) is 12.7 Å². The lowest BCUT2D eigenvalue weighted by molar-refractivity contribution is -0.114. The zero-order chi connectivity index (χ0) is 7.33. The standard InChI is InChI=1S/C6H10F2O/c1-2-3-6(7,8)4-5-9/h5H,2-4H2,1H3. The highest BCUT2D eigenvalue weighted by molar-refractivity contribution is 5.50. The van der Waals surface area contributed by atoms with Gasteiger partial charge < -0.3 is 4.79 Å². The van der Waals surface area contributed by atoms with Crippen LogP contribution in [0.5, 0.6) is 0 Å². The van der Waals surface area contributed by atoms with Crippen LogP contribution in [0.2, 0.25) is 0 Å². The second kappa shape index (κ2) is 3.54. The molecule has 0 radical (unpaired) electrons. The molecule has 0 amide bonds. The molecule has 3 heteroatoms. The van der Waals surface area contributed by atoms with Crippen molar-refractivity contribution in [1.29, 1.82) is 0 Å². The van der Waals surface area contributed by atoms with Gasteiger partial charge in [-0.25, -0.2) is 8.78 Å². The van der Waals surface area contributed by atoms with E-state index in [1.54, 1.807) is 6.92 Å². The van der Waals surface area contributed by atoms with Crippen LogP contribution in [0.1, 0.15) is 26.2 Å². The molecule has 0 N–H and O–H groups in total. The van der Waals surface area contributed by atoms with E-state index in [9.17, 15) is 13.6 Å². The molecule has 9 heavy (non-hydrogen) atoms. The van der Waals surface area contributed by atoms with E-state index in [2.05, 4.69) is 0 Å². The normalized spacial score (nSPS) is 11.4. The predicted octanol–water partition coefficient (Wildman–Crippen LogP) is 2.01. The number of hydrogen-bond donors (Lipinski definition) is 0. The fourth-order valence-corrected chi connectivity index (χ4v) is 0.590. The molecule has 0 heterocycles. The number of alkyl halides is 2. The van der Waals surface area contributed by atoms with Gasteiger partial charge in [-0.1, -0.05) is 13.3 Å². The molecule has 0 aliphatic rings. The van der Waals surface area contributed by atoms with Crippen molar-refractivity contribution >= 4 is 6.29 Å². The van der Waals surface area contributed by atoms with Crippen LogP contribution >= 0.6 is 0 Å². The Hall–Kier alpha value is -0.470. The average Bonchev–Trinajstić information content (AvgIpc) is 1.64. The van der Waals surface area contributed by atoms with Gasteiger partial charge in [-0.3, -0.25) is 0 Å². The Labute approximate surface area is 53.1 Å². The highest BCUT2D eigenvalue weighted by Gasteiger charge is 2.26. The number of halogens is 2. The summed E-state index contributed by atoms with van der Waals surface area (Å²) < 4.78 is 24.4. The summed E-state index contributed by atoms with van der Waals surface area (Å²) in [6.07, 6.45) is -0.150.